The van der Waals surface area contributed by atoms with Crippen molar-refractivity contribution in [3.8, 4) is 0 Å². The molecular weight excluding hydrogens is 289 g/mol. The zero-order valence-electron chi connectivity index (χ0n) is 11.9. The topological polar surface area (TPSA) is 102 Å². The lowest BCUT2D eigenvalue weighted by atomic mass is 10.1. The normalized spacial score (nSPS) is 11.7. The van der Waals surface area contributed by atoms with Gasteiger partial charge in [-0.25, -0.2) is 9.18 Å². The predicted molar refractivity (Wildman–Crippen MR) is 78.4 cm³/mol. The lowest BCUT2D eigenvalue weighted by molar-refractivity contribution is -0.118. The first-order valence-electron chi connectivity index (χ1n) is 6.58. The maximum Gasteiger partial charge on any atom is 0.319 e. The molecule has 1 aromatic heterocycles. The fourth-order valence-electron chi connectivity index (χ4n) is 1.87. The van der Waals surface area contributed by atoms with Gasteiger partial charge in [-0.15, -0.1) is 0 Å². The second-order valence-corrected chi connectivity index (χ2v) is 4.76. The minimum absolute atomic E-state index is 0.0602. The Morgan fingerprint density at radius 3 is 2.68 bits per heavy atom. The van der Waals surface area contributed by atoms with Crippen molar-refractivity contribution in [2.45, 2.75) is 19.5 Å². The van der Waals surface area contributed by atoms with Crippen LogP contribution in [-0.2, 0) is 11.3 Å². The van der Waals surface area contributed by atoms with Crippen molar-refractivity contribution in [3.05, 3.63) is 48.0 Å². The van der Waals surface area contributed by atoms with Crippen molar-refractivity contribution in [1.29, 1.82) is 0 Å². The molecule has 0 aliphatic carbocycles. The van der Waals surface area contributed by atoms with Crippen LogP contribution in [0.2, 0.25) is 0 Å². The molecule has 0 bridgehead atoms. The van der Waals surface area contributed by atoms with E-state index < -0.39 is 11.9 Å². The summed E-state index contributed by atoms with van der Waals surface area (Å²) in [5.41, 5.74) is 6.26. The Labute approximate surface area is 126 Å². The van der Waals surface area contributed by atoms with E-state index in [9.17, 15) is 14.0 Å². The fourth-order valence-corrected chi connectivity index (χ4v) is 1.87. The summed E-state index contributed by atoms with van der Waals surface area (Å²) in [6, 6.07) is 5.14. The number of halogens is 1. The first kappa shape index (κ1) is 15.5. The lowest BCUT2D eigenvalue weighted by Gasteiger charge is -2.14. The van der Waals surface area contributed by atoms with Crippen LogP contribution in [0.5, 0.6) is 0 Å². The Kier molecular flexibility index (Phi) is 4.72. The number of aromatic nitrogens is 2. The summed E-state index contributed by atoms with van der Waals surface area (Å²) >= 11 is 0. The van der Waals surface area contributed by atoms with E-state index in [1.54, 1.807) is 19.1 Å². The van der Waals surface area contributed by atoms with Crippen molar-refractivity contribution in [3.63, 3.8) is 0 Å². The van der Waals surface area contributed by atoms with Gasteiger partial charge in [-0.1, -0.05) is 12.1 Å². The second-order valence-electron chi connectivity index (χ2n) is 4.76. The third-order valence-corrected chi connectivity index (χ3v) is 2.93. The van der Waals surface area contributed by atoms with Gasteiger partial charge in [0.25, 0.3) is 0 Å². The molecule has 7 nitrogen and oxygen atoms in total. The Morgan fingerprint density at radius 1 is 1.36 bits per heavy atom. The van der Waals surface area contributed by atoms with Crippen LogP contribution in [0.4, 0.5) is 14.9 Å². The van der Waals surface area contributed by atoms with Gasteiger partial charge in [0.15, 0.2) is 0 Å². The molecular formula is C14H16FN5O2. The molecule has 1 heterocycles. The molecule has 3 amide bonds. The van der Waals surface area contributed by atoms with Crippen LogP contribution < -0.4 is 16.4 Å². The molecule has 22 heavy (non-hydrogen) atoms. The van der Waals surface area contributed by atoms with Crippen LogP contribution in [-0.4, -0.2) is 21.7 Å². The number of primary amides is 1. The Morgan fingerprint density at radius 2 is 2.05 bits per heavy atom. The standard InChI is InChI=1S/C14H16FN5O2/c1-9(10-2-4-11(15)5-3-10)18-14(22)19-12-6-17-20(7-12)8-13(16)21/h2-7,9H,8H2,1H3,(H2,16,21)(H2,18,19,22)/t9-/m1/s1. The molecule has 0 spiro atoms. The molecule has 0 aliphatic rings. The van der Waals surface area contributed by atoms with Gasteiger partial charge in [0, 0.05) is 6.20 Å². The van der Waals surface area contributed by atoms with E-state index in [0.717, 1.165) is 5.56 Å². The maximum absolute atomic E-state index is 12.9. The van der Waals surface area contributed by atoms with Gasteiger partial charge in [0.05, 0.1) is 17.9 Å². The number of hydrogen-bond donors (Lipinski definition) is 3. The van der Waals surface area contributed by atoms with Gasteiger partial charge in [0.2, 0.25) is 5.91 Å². The second kappa shape index (κ2) is 6.70. The van der Waals surface area contributed by atoms with Crippen molar-refractivity contribution in [2.75, 3.05) is 5.32 Å². The highest BCUT2D eigenvalue weighted by Gasteiger charge is 2.10. The summed E-state index contributed by atoms with van der Waals surface area (Å²) in [6.45, 7) is 1.72. The molecule has 8 heteroatoms. The molecule has 0 saturated heterocycles. The van der Waals surface area contributed by atoms with Crippen molar-refractivity contribution in [2.24, 2.45) is 5.73 Å². The fraction of sp³-hybridized carbons (Fsp3) is 0.214. The Hall–Kier alpha value is -2.90. The molecule has 0 saturated carbocycles. The zero-order chi connectivity index (χ0) is 16.1. The lowest BCUT2D eigenvalue weighted by Crippen LogP contribution is -2.31. The third kappa shape index (κ3) is 4.30. The SMILES string of the molecule is C[C@@H](NC(=O)Nc1cnn(CC(N)=O)c1)c1ccc(F)cc1. The predicted octanol–water partition coefficient (Wildman–Crippen LogP) is 1.39. The average Bonchev–Trinajstić information content (AvgIpc) is 2.85. The van der Waals surface area contributed by atoms with Gasteiger partial charge in [-0.05, 0) is 24.6 Å². The van der Waals surface area contributed by atoms with E-state index in [1.807, 2.05) is 0 Å². The van der Waals surface area contributed by atoms with Crippen LogP contribution in [0.3, 0.4) is 0 Å². The van der Waals surface area contributed by atoms with Crippen molar-refractivity contribution in [1.82, 2.24) is 15.1 Å². The van der Waals surface area contributed by atoms with E-state index in [1.165, 1.54) is 29.2 Å². The van der Waals surface area contributed by atoms with Crippen LogP contribution in [0.25, 0.3) is 0 Å². The van der Waals surface area contributed by atoms with Gasteiger partial charge >= 0.3 is 6.03 Å². The van der Waals surface area contributed by atoms with E-state index in [-0.39, 0.29) is 18.4 Å². The summed E-state index contributed by atoms with van der Waals surface area (Å²) in [5.74, 6) is -0.855. The highest BCUT2D eigenvalue weighted by Crippen LogP contribution is 2.13. The van der Waals surface area contributed by atoms with E-state index in [0.29, 0.717) is 5.69 Å². The number of benzene rings is 1. The number of carbonyl (C=O) groups excluding carboxylic acids is 2. The molecule has 2 aromatic rings. The van der Waals surface area contributed by atoms with Crippen molar-refractivity contribution >= 4 is 17.6 Å². The zero-order valence-corrected chi connectivity index (χ0v) is 11.9. The van der Waals surface area contributed by atoms with E-state index in [2.05, 4.69) is 15.7 Å². The number of hydrogen-bond acceptors (Lipinski definition) is 3. The van der Waals surface area contributed by atoms with Gasteiger partial charge in [0.1, 0.15) is 12.4 Å². The molecule has 4 N–H and O–H groups in total. The third-order valence-electron chi connectivity index (χ3n) is 2.93. The van der Waals surface area contributed by atoms with Crippen molar-refractivity contribution < 1.29 is 14.0 Å². The Bertz CT molecular complexity index is 668. The number of carbonyl (C=O) groups is 2. The molecule has 2 rings (SSSR count). The van der Waals surface area contributed by atoms with Gasteiger partial charge in [-0.2, -0.15) is 5.10 Å². The molecule has 0 radical (unpaired) electrons. The molecule has 1 aromatic carbocycles. The highest BCUT2D eigenvalue weighted by atomic mass is 19.1. The molecule has 1 atom stereocenters. The summed E-state index contributed by atoms with van der Waals surface area (Å²) < 4.78 is 14.2. The molecule has 0 fully saturated rings. The highest BCUT2D eigenvalue weighted by molar-refractivity contribution is 5.89. The Balaban J connectivity index is 1.90. The number of nitrogens with two attached hydrogens (primary N) is 1. The summed E-state index contributed by atoms with van der Waals surface area (Å²) in [6.07, 6.45) is 2.90. The number of rotatable bonds is 5. The van der Waals surface area contributed by atoms with E-state index in [4.69, 9.17) is 5.73 Å². The monoisotopic (exact) mass is 305 g/mol. The quantitative estimate of drug-likeness (QED) is 0.778. The van der Waals surface area contributed by atoms with Crippen LogP contribution in [0, 0.1) is 5.82 Å². The molecule has 0 unspecified atom stereocenters. The molecule has 116 valence electrons. The minimum atomic E-state index is -0.524. The summed E-state index contributed by atoms with van der Waals surface area (Å²) in [4.78, 5) is 22.6. The van der Waals surface area contributed by atoms with Crippen LogP contribution in [0.15, 0.2) is 36.7 Å². The first-order chi connectivity index (χ1) is 10.4. The van der Waals surface area contributed by atoms with Crippen LogP contribution >= 0.6 is 0 Å². The van der Waals surface area contributed by atoms with Gasteiger partial charge in [-0.3, -0.25) is 9.48 Å². The number of anilines is 1. The largest absolute Gasteiger partial charge is 0.368 e. The minimum Gasteiger partial charge on any atom is -0.368 e. The number of nitrogens with zero attached hydrogens (tertiary/aromatic N) is 2. The number of amides is 3. The maximum atomic E-state index is 12.9. The number of nitrogens with one attached hydrogen (secondary N) is 2. The number of urea groups is 1. The van der Waals surface area contributed by atoms with Gasteiger partial charge < -0.3 is 16.4 Å². The van der Waals surface area contributed by atoms with E-state index >= 15 is 0 Å². The smallest absolute Gasteiger partial charge is 0.319 e. The summed E-state index contributed by atoms with van der Waals surface area (Å²) in [5, 5.41) is 9.19. The average molecular weight is 305 g/mol. The first-order valence-corrected chi connectivity index (χ1v) is 6.58. The summed E-state index contributed by atoms with van der Waals surface area (Å²) in [7, 11) is 0. The molecule has 0 aliphatic heterocycles. The van der Waals surface area contributed by atoms with Crippen LogP contribution in [0.1, 0.15) is 18.5 Å².